The van der Waals surface area contributed by atoms with Gasteiger partial charge in [-0.25, -0.2) is 8.42 Å². The van der Waals surface area contributed by atoms with E-state index in [2.05, 4.69) is 11.8 Å². The third-order valence-corrected chi connectivity index (χ3v) is 6.61. The van der Waals surface area contributed by atoms with Crippen molar-refractivity contribution in [1.82, 2.24) is 4.31 Å². The zero-order valence-corrected chi connectivity index (χ0v) is 15.8. The highest BCUT2D eigenvalue weighted by Gasteiger charge is 2.30. The molecule has 0 saturated carbocycles. The summed E-state index contributed by atoms with van der Waals surface area (Å²) >= 11 is 6.06. The van der Waals surface area contributed by atoms with Crippen LogP contribution in [-0.4, -0.2) is 45.5 Å². The molecular formula is C18H21ClN2O3S. The Labute approximate surface area is 153 Å². The Bertz CT molecular complexity index is 857. The van der Waals surface area contributed by atoms with Gasteiger partial charge >= 0.3 is 0 Å². The van der Waals surface area contributed by atoms with Crippen LogP contribution in [0.1, 0.15) is 6.92 Å². The summed E-state index contributed by atoms with van der Waals surface area (Å²) in [5.74, 6) is 0.782. The lowest BCUT2D eigenvalue weighted by Crippen LogP contribution is -2.46. The van der Waals surface area contributed by atoms with E-state index in [0.29, 0.717) is 6.54 Å². The van der Waals surface area contributed by atoms with E-state index in [1.165, 1.54) is 10.4 Å². The number of rotatable bonds is 5. The van der Waals surface area contributed by atoms with E-state index in [4.69, 9.17) is 16.3 Å². The lowest BCUT2D eigenvalue weighted by molar-refractivity contribution is 0.171. The zero-order valence-electron chi connectivity index (χ0n) is 14.2. The fourth-order valence-electron chi connectivity index (χ4n) is 2.98. The minimum atomic E-state index is -3.67. The average Bonchev–Trinajstić information content (AvgIpc) is 2.61. The zero-order chi connectivity index (χ0) is 18.0. The maximum atomic E-state index is 12.8. The lowest BCUT2D eigenvalue weighted by Gasteiger charge is -2.37. The largest absolute Gasteiger partial charge is 0.485 e. The quantitative estimate of drug-likeness (QED) is 0.799. The molecule has 0 aromatic heterocycles. The molecule has 7 heteroatoms. The normalized spacial score (nSPS) is 17.3. The molecule has 0 bridgehead atoms. The van der Waals surface area contributed by atoms with Gasteiger partial charge in [0.05, 0.1) is 23.8 Å². The highest BCUT2D eigenvalue weighted by molar-refractivity contribution is 7.89. The smallest absolute Gasteiger partial charge is 0.244 e. The summed E-state index contributed by atoms with van der Waals surface area (Å²) in [4.78, 5) is 2.31. The Kier molecular flexibility index (Phi) is 5.22. The first-order chi connectivity index (χ1) is 11.9. The molecule has 1 atom stereocenters. The number of benzene rings is 2. The molecule has 3 rings (SSSR count). The Hall–Kier alpha value is -1.76. The van der Waals surface area contributed by atoms with Crippen LogP contribution in [0.5, 0.6) is 5.75 Å². The summed E-state index contributed by atoms with van der Waals surface area (Å²) in [6.45, 7) is 3.79. The second kappa shape index (κ2) is 7.23. The van der Waals surface area contributed by atoms with E-state index < -0.39 is 10.0 Å². The first kappa shape index (κ1) is 18.0. The van der Waals surface area contributed by atoms with Crippen LogP contribution in [0, 0.1) is 0 Å². The van der Waals surface area contributed by atoms with E-state index in [0.717, 1.165) is 18.0 Å². The monoisotopic (exact) mass is 380 g/mol. The molecule has 0 radical (unpaired) electrons. The van der Waals surface area contributed by atoms with Crippen molar-refractivity contribution in [2.75, 3.05) is 31.6 Å². The summed E-state index contributed by atoms with van der Waals surface area (Å²) in [6.07, 6.45) is -0.253. The molecule has 134 valence electrons. The number of hydrogen-bond donors (Lipinski definition) is 0. The Morgan fingerprint density at radius 3 is 2.60 bits per heavy atom. The van der Waals surface area contributed by atoms with Gasteiger partial charge < -0.3 is 9.64 Å². The molecule has 5 nitrogen and oxygen atoms in total. The molecule has 25 heavy (non-hydrogen) atoms. The summed E-state index contributed by atoms with van der Waals surface area (Å²) in [5.41, 5.74) is 1.04. The van der Waals surface area contributed by atoms with Crippen LogP contribution in [0.25, 0.3) is 0 Å². The third-order valence-electron chi connectivity index (χ3n) is 4.29. The van der Waals surface area contributed by atoms with Crippen LogP contribution in [0.4, 0.5) is 5.69 Å². The number of likely N-dealkylation sites (N-methyl/N-ethyl adjacent to an activating group) is 2. The van der Waals surface area contributed by atoms with Crippen LogP contribution < -0.4 is 9.64 Å². The fourth-order valence-corrected chi connectivity index (χ4v) is 4.67. The second-order valence-corrected chi connectivity index (χ2v) is 8.38. The first-order valence-corrected chi connectivity index (χ1v) is 9.96. The standard InChI is InChI=1S/C18H21ClN2O3S/c1-3-21-13-14(24-17-10-6-5-9-16(17)21)12-20(2)25(22,23)18-11-7-4-8-15(18)19/h4-11,14H,3,12-13H2,1-2H3/t14-/m0/s1. The van der Waals surface area contributed by atoms with Crippen molar-refractivity contribution in [1.29, 1.82) is 0 Å². The first-order valence-electron chi connectivity index (χ1n) is 8.15. The van der Waals surface area contributed by atoms with Gasteiger partial charge in [-0.3, -0.25) is 0 Å². The highest BCUT2D eigenvalue weighted by Crippen LogP contribution is 2.33. The number of anilines is 1. The van der Waals surface area contributed by atoms with Crippen LogP contribution in [0.3, 0.4) is 0 Å². The molecule has 0 spiro atoms. The number of nitrogens with zero attached hydrogens (tertiary/aromatic N) is 2. The molecule has 0 unspecified atom stereocenters. The van der Waals surface area contributed by atoms with Crippen molar-refractivity contribution < 1.29 is 13.2 Å². The topological polar surface area (TPSA) is 49.9 Å². The molecule has 0 N–H and O–H groups in total. The van der Waals surface area contributed by atoms with Crippen LogP contribution in [0.15, 0.2) is 53.4 Å². The van der Waals surface area contributed by atoms with Gasteiger partial charge in [-0.15, -0.1) is 0 Å². The maximum Gasteiger partial charge on any atom is 0.244 e. The van der Waals surface area contributed by atoms with Gasteiger partial charge in [0.25, 0.3) is 0 Å². The van der Waals surface area contributed by atoms with E-state index in [1.807, 2.05) is 24.3 Å². The van der Waals surface area contributed by atoms with Gasteiger partial charge in [0, 0.05) is 13.6 Å². The van der Waals surface area contributed by atoms with Gasteiger partial charge in [-0.2, -0.15) is 4.31 Å². The lowest BCUT2D eigenvalue weighted by atomic mass is 10.2. The number of hydrogen-bond acceptors (Lipinski definition) is 4. The third kappa shape index (κ3) is 3.61. The van der Waals surface area contributed by atoms with Crippen molar-refractivity contribution in [3.05, 3.63) is 53.6 Å². The fraction of sp³-hybridized carbons (Fsp3) is 0.333. The molecule has 2 aromatic rings. The van der Waals surface area contributed by atoms with Gasteiger partial charge in [0.15, 0.2) is 0 Å². The predicted molar refractivity (Wildman–Crippen MR) is 100 cm³/mol. The number of fused-ring (bicyclic) bond motifs is 1. The van der Waals surface area contributed by atoms with E-state index in [-0.39, 0.29) is 22.6 Å². The maximum absolute atomic E-state index is 12.8. The van der Waals surface area contributed by atoms with Crippen molar-refractivity contribution in [3.63, 3.8) is 0 Å². The molecular weight excluding hydrogens is 360 g/mol. The Balaban J connectivity index is 1.80. The number of sulfonamides is 1. The van der Waals surface area contributed by atoms with Crippen molar-refractivity contribution in [2.45, 2.75) is 17.9 Å². The van der Waals surface area contributed by atoms with Crippen LogP contribution in [0.2, 0.25) is 5.02 Å². The van der Waals surface area contributed by atoms with Crippen LogP contribution in [-0.2, 0) is 10.0 Å². The van der Waals surface area contributed by atoms with Gasteiger partial charge in [0.1, 0.15) is 16.7 Å². The van der Waals surface area contributed by atoms with E-state index in [9.17, 15) is 8.42 Å². The Morgan fingerprint density at radius 2 is 1.88 bits per heavy atom. The van der Waals surface area contributed by atoms with Gasteiger partial charge in [-0.1, -0.05) is 35.9 Å². The SMILES string of the molecule is CCN1C[C@H](CN(C)S(=O)(=O)c2ccccc2Cl)Oc2ccccc21. The van der Waals surface area contributed by atoms with E-state index in [1.54, 1.807) is 25.2 Å². The molecule has 0 saturated heterocycles. The average molecular weight is 381 g/mol. The number of halogens is 1. The molecule has 1 aliphatic heterocycles. The molecule has 0 fully saturated rings. The Morgan fingerprint density at radius 1 is 1.20 bits per heavy atom. The van der Waals surface area contributed by atoms with E-state index >= 15 is 0 Å². The highest BCUT2D eigenvalue weighted by atomic mass is 35.5. The predicted octanol–water partition coefficient (Wildman–Crippen LogP) is 3.25. The molecule has 0 amide bonds. The summed E-state index contributed by atoms with van der Waals surface area (Å²) in [7, 11) is -2.11. The van der Waals surface area contributed by atoms with Gasteiger partial charge in [-0.05, 0) is 31.2 Å². The number of ether oxygens (including phenoxy) is 1. The van der Waals surface area contributed by atoms with Crippen molar-refractivity contribution >= 4 is 27.3 Å². The molecule has 0 aliphatic carbocycles. The summed E-state index contributed by atoms with van der Waals surface area (Å²) in [6, 6.07) is 14.3. The van der Waals surface area contributed by atoms with Crippen molar-refractivity contribution in [2.24, 2.45) is 0 Å². The van der Waals surface area contributed by atoms with Crippen molar-refractivity contribution in [3.8, 4) is 5.75 Å². The summed E-state index contributed by atoms with van der Waals surface area (Å²) < 4.78 is 32.9. The number of para-hydroxylation sites is 2. The summed E-state index contributed by atoms with van der Waals surface area (Å²) in [5, 5.41) is 0.222. The second-order valence-electron chi connectivity index (χ2n) is 5.96. The minimum absolute atomic E-state index is 0.114. The molecule has 1 aliphatic rings. The van der Waals surface area contributed by atoms with Crippen LogP contribution >= 0.6 is 11.6 Å². The van der Waals surface area contributed by atoms with Gasteiger partial charge in [0.2, 0.25) is 10.0 Å². The molecule has 2 aromatic carbocycles. The molecule has 1 heterocycles. The minimum Gasteiger partial charge on any atom is -0.485 e.